The number of rotatable bonds is 9. The first-order valence-corrected chi connectivity index (χ1v) is 5.72. The minimum absolute atomic E-state index is 0.406. The van der Waals surface area contributed by atoms with E-state index in [9.17, 15) is 0 Å². The minimum Gasteiger partial charge on any atom is -0.379 e. The van der Waals surface area contributed by atoms with Crippen LogP contribution in [0.25, 0.3) is 0 Å². The molecule has 0 aliphatic heterocycles. The van der Waals surface area contributed by atoms with Crippen LogP contribution < -0.4 is 0 Å². The summed E-state index contributed by atoms with van der Waals surface area (Å²) in [6, 6.07) is 0. The van der Waals surface area contributed by atoms with Crippen LogP contribution in [0, 0.1) is 6.92 Å². The van der Waals surface area contributed by atoms with E-state index in [0.717, 1.165) is 0 Å². The predicted molar refractivity (Wildman–Crippen MR) is 58.8 cm³/mol. The molecule has 0 rings (SSSR count). The Labute approximate surface area is 83.9 Å². The van der Waals surface area contributed by atoms with Crippen molar-refractivity contribution >= 4 is 0 Å². The highest BCUT2D eigenvalue weighted by molar-refractivity contribution is 4.52. The summed E-state index contributed by atoms with van der Waals surface area (Å²) in [6.45, 7) is 8.67. The Morgan fingerprint density at radius 2 is 1.69 bits per heavy atom. The van der Waals surface area contributed by atoms with Crippen molar-refractivity contribution in [3.05, 3.63) is 6.92 Å². The average Bonchev–Trinajstić information content (AvgIpc) is 2.11. The highest BCUT2D eigenvalue weighted by Gasteiger charge is 1.99. The molecule has 13 heavy (non-hydrogen) atoms. The van der Waals surface area contributed by atoms with Crippen molar-refractivity contribution in [2.45, 2.75) is 64.9 Å². The third kappa shape index (κ3) is 9.88. The molecule has 0 aromatic rings. The van der Waals surface area contributed by atoms with E-state index in [1.807, 2.05) is 0 Å². The Bertz CT molecular complexity index is 91.1. The SMILES string of the molecule is [CH2]COC(C)CCCCCCCC. The number of unbranched alkanes of at least 4 members (excludes halogenated alkanes) is 5. The van der Waals surface area contributed by atoms with Crippen molar-refractivity contribution in [3.8, 4) is 0 Å². The number of ether oxygens (including phenoxy) is 1. The van der Waals surface area contributed by atoms with Gasteiger partial charge in [-0.15, -0.1) is 0 Å². The summed E-state index contributed by atoms with van der Waals surface area (Å²) >= 11 is 0. The summed E-state index contributed by atoms with van der Waals surface area (Å²) in [6.07, 6.45) is 9.80. The van der Waals surface area contributed by atoms with Crippen molar-refractivity contribution in [2.24, 2.45) is 0 Å². The number of hydrogen-bond donors (Lipinski definition) is 0. The van der Waals surface area contributed by atoms with Gasteiger partial charge in [0, 0.05) is 6.61 Å². The fraction of sp³-hybridized carbons (Fsp3) is 0.917. The molecule has 0 aliphatic rings. The Morgan fingerprint density at radius 3 is 2.31 bits per heavy atom. The fourth-order valence-electron chi connectivity index (χ4n) is 1.50. The Balaban J connectivity index is 2.97. The Hall–Kier alpha value is -0.0400. The molecule has 1 atom stereocenters. The molecular formula is C12H25O. The zero-order valence-electron chi connectivity index (χ0n) is 9.35. The summed E-state index contributed by atoms with van der Waals surface area (Å²) in [5, 5.41) is 0. The van der Waals surface area contributed by atoms with Gasteiger partial charge in [0.2, 0.25) is 0 Å². The standard InChI is InChI=1S/C12H25O/c1-4-6-7-8-9-10-11-12(3)13-5-2/h12H,2,4-11H2,1,3H3. The summed E-state index contributed by atoms with van der Waals surface area (Å²) in [4.78, 5) is 0. The fourth-order valence-corrected chi connectivity index (χ4v) is 1.50. The normalized spacial score (nSPS) is 13.2. The van der Waals surface area contributed by atoms with E-state index in [-0.39, 0.29) is 0 Å². The van der Waals surface area contributed by atoms with Crippen molar-refractivity contribution in [1.29, 1.82) is 0 Å². The lowest BCUT2D eigenvalue weighted by atomic mass is 10.1. The molecule has 1 unspecified atom stereocenters. The first-order chi connectivity index (χ1) is 6.31. The van der Waals surface area contributed by atoms with Crippen LogP contribution in [-0.2, 0) is 4.74 Å². The zero-order valence-corrected chi connectivity index (χ0v) is 9.35. The minimum atomic E-state index is 0.406. The molecular weight excluding hydrogens is 160 g/mol. The van der Waals surface area contributed by atoms with Crippen LogP contribution in [-0.4, -0.2) is 12.7 Å². The third-order valence-electron chi connectivity index (χ3n) is 2.37. The smallest absolute Gasteiger partial charge is 0.0547 e. The summed E-state index contributed by atoms with van der Waals surface area (Å²) in [7, 11) is 0. The van der Waals surface area contributed by atoms with E-state index < -0.39 is 0 Å². The maximum atomic E-state index is 5.36. The molecule has 0 aliphatic carbocycles. The van der Waals surface area contributed by atoms with Crippen molar-refractivity contribution in [1.82, 2.24) is 0 Å². The second-order valence-corrected chi connectivity index (χ2v) is 3.74. The van der Waals surface area contributed by atoms with Gasteiger partial charge in [0.15, 0.2) is 0 Å². The van der Waals surface area contributed by atoms with Crippen LogP contribution in [0.2, 0.25) is 0 Å². The molecule has 0 aromatic carbocycles. The van der Waals surface area contributed by atoms with E-state index in [1.165, 1.54) is 44.9 Å². The molecule has 0 bridgehead atoms. The van der Waals surface area contributed by atoms with Gasteiger partial charge in [-0.25, -0.2) is 0 Å². The second kappa shape index (κ2) is 10.0. The van der Waals surface area contributed by atoms with Gasteiger partial charge >= 0.3 is 0 Å². The van der Waals surface area contributed by atoms with E-state index in [1.54, 1.807) is 0 Å². The van der Waals surface area contributed by atoms with Crippen molar-refractivity contribution in [2.75, 3.05) is 6.61 Å². The molecule has 1 heteroatoms. The van der Waals surface area contributed by atoms with Gasteiger partial charge in [-0.3, -0.25) is 0 Å². The largest absolute Gasteiger partial charge is 0.379 e. The molecule has 0 N–H and O–H groups in total. The molecule has 0 heterocycles. The molecule has 1 nitrogen and oxygen atoms in total. The van der Waals surface area contributed by atoms with E-state index in [2.05, 4.69) is 20.8 Å². The van der Waals surface area contributed by atoms with Crippen LogP contribution in [0.5, 0.6) is 0 Å². The van der Waals surface area contributed by atoms with Crippen molar-refractivity contribution in [3.63, 3.8) is 0 Å². The van der Waals surface area contributed by atoms with E-state index in [0.29, 0.717) is 12.7 Å². The molecule has 79 valence electrons. The quantitative estimate of drug-likeness (QED) is 0.494. The predicted octanol–water partition coefficient (Wildman–Crippen LogP) is 3.98. The second-order valence-electron chi connectivity index (χ2n) is 3.74. The molecule has 0 spiro atoms. The van der Waals surface area contributed by atoms with E-state index >= 15 is 0 Å². The van der Waals surface area contributed by atoms with Crippen LogP contribution in [0.3, 0.4) is 0 Å². The molecule has 0 aromatic heterocycles. The Morgan fingerprint density at radius 1 is 1.08 bits per heavy atom. The monoisotopic (exact) mass is 185 g/mol. The lowest BCUT2D eigenvalue weighted by molar-refractivity contribution is 0.0786. The summed E-state index contributed by atoms with van der Waals surface area (Å²) in [5.74, 6) is 0. The van der Waals surface area contributed by atoms with Gasteiger partial charge < -0.3 is 4.74 Å². The lowest BCUT2D eigenvalue weighted by Gasteiger charge is -2.10. The molecule has 0 saturated carbocycles. The molecule has 0 fully saturated rings. The summed E-state index contributed by atoms with van der Waals surface area (Å²) < 4.78 is 5.36. The van der Waals surface area contributed by atoms with Gasteiger partial charge in [-0.05, 0) is 20.3 Å². The Kier molecular flexibility index (Phi) is 10.0. The maximum Gasteiger partial charge on any atom is 0.0547 e. The first-order valence-electron chi connectivity index (χ1n) is 5.72. The van der Waals surface area contributed by atoms with Gasteiger partial charge in [-0.1, -0.05) is 45.4 Å². The topological polar surface area (TPSA) is 9.23 Å². The van der Waals surface area contributed by atoms with Gasteiger partial charge in [0.1, 0.15) is 0 Å². The molecule has 0 saturated heterocycles. The van der Waals surface area contributed by atoms with Crippen LogP contribution >= 0.6 is 0 Å². The molecule has 1 radical (unpaired) electrons. The van der Waals surface area contributed by atoms with Gasteiger partial charge in [0.25, 0.3) is 0 Å². The highest BCUT2D eigenvalue weighted by Crippen LogP contribution is 2.09. The van der Waals surface area contributed by atoms with E-state index in [4.69, 9.17) is 4.74 Å². The summed E-state index contributed by atoms with van der Waals surface area (Å²) in [5.41, 5.74) is 0. The van der Waals surface area contributed by atoms with Crippen LogP contribution in [0.4, 0.5) is 0 Å². The van der Waals surface area contributed by atoms with Crippen LogP contribution in [0.15, 0.2) is 0 Å². The molecule has 0 amide bonds. The first kappa shape index (κ1) is 13.0. The lowest BCUT2D eigenvalue weighted by Crippen LogP contribution is -2.07. The van der Waals surface area contributed by atoms with Crippen molar-refractivity contribution < 1.29 is 4.74 Å². The van der Waals surface area contributed by atoms with Gasteiger partial charge in [-0.2, -0.15) is 0 Å². The third-order valence-corrected chi connectivity index (χ3v) is 2.37. The zero-order chi connectivity index (χ0) is 9.94. The maximum absolute atomic E-state index is 5.36. The van der Waals surface area contributed by atoms with Crippen LogP contribution in [0.1, 0.15) is 58.8 Å². The number of hydrogen-bond acceptors (Lipinski definition) is 1. The van der Waals surface area contributed by atoms with Gasteiger partial charge in [0.05, 0.1) is 6.10 Å². The average molecular weight is 185 g/mol. The highest BCUT2D eigenvalue weighted by atomic mass is 16.5.